The van der Waals surface area contributed by atoms with Crippen LogP contribution in [0.15, 0.2) is 21.2 Å². The maximum absolute atomic E-state index is 11.5. The molecule has 0 spiro atoms. The second kappa shape index (κ2) is 5.28. The van der Waals surface area contributed by atoms with Crippen LogP contribution in [0.4, 0.5) is 0 Å². The van der Waals surface area contributed by atoms with Gasteiger partial charge in [-0.25, -0.2) is 0 Å². The van der Waals surface area contributed by atoms with Crippen molar-refractivity contribution >= 4 is 37.6 Å². The van der Waals surface area contributed by atoms with E-state index in [1.807, 2.05) is 0 Å². The summed E-state index contributed by atoms with van der Waals surface area (Å²) in [5.41, 5.74) is 0.434. The van der Waals surface area contributed by atoms with E-state index in [9.17, 15) is 4.79 Å². The fourth-order valence-corrected chi connectivity index (χ4v) is 2.13. The maximum Gasteiger partial charge on any atom is 0.183 e. The minimum absolute atomic E-state index is 0.0395. The van der Waals surface area contributed by atoms with Crippen molar-refractivity contribution in [1.29, 1.82) is 0 Å². The van der Waals surface area contributed by atoms with Crippen LogP contribution in [0.5, 0.6) is 0 Å². The summed E-state index contributed by atoms with van der Waals surface area (Å²) in [6.07, 6.45) is 7.45. The van der Waals surface area contributed by atoms with Gasteiger partial charge in [0.25, 0.3) is 0 Å². The highest BCUT2D eigenvalue weighted by molar-refractivity contribution is 9.11. The highest BCUT2D eigenvalue weighted by Gasteiger charge is 2.10. The third kappa shape index (κ3) is 2.93. The van der Waals surface area contributed by atoms with E-state index in [-0.39, 0.29) is 5.78 Å². The fraction of sp³-hybridized carbons (Fsp3) is 0.200. The lowest BCUT2D eigenvalue weighted by Gasteiger charge is -2.01. The first-order chi connectivity index (χ1) is 6.65. The summed E-state index contributed by atoms with van der Waals surface area (Å²) in [6, 6.07) is 1.79. The summed E-state index contributed by atoms with van der Waals surface area (Å²) in [6.45, 7) is 0. The summed E-state index contributed by atoms with van der Waals surface area (Å²) < 4.78 is 1.52. The van der Waals surface area contributed by atoms with Gasteiger partial charge in [-0.1, -0.05) is 0 Å². The third-order valence-electron chi connectivity index (χ3n) is 1.57. The van der Waals surface area contributed by atoms with Gasteiger partial charge in [0, 0.05) is 28.0 Å². The van der Waals surface area contributed by atoms with Crippen molar-refractivity contribution in [3.05, 3.63) is 26.9 Å². The number of nitrogens with zero attached hydrogens (tertiary/aromatic N) is 1. The molecular formula is C10H7Br2NO. The Labute approximate surface area is 99.4 Å². The van der Waals surface area contributed by atoms with Crippen molar-refractivity contribution in [3.63, 3.8) is 0 Å². The Kier molecular flexibility index (Phi) is 4.30. The highest BCUT2D eigenvalue weighted by Crippen LogP contribution is 2.20. The molecule has 0 fully saturated rings. The molecule has 0 bridgehead atoms. The second-order valence-corrected chi connectivity index (χ2v) is 4.38. The van der Waals surface area contributed by atoms with Crippen molar-refractivity contribution in [2.45, 2.75) is 12.8 Å². The molecule has 1 rings (SSSR count). The molecule has 2 nitrogen and oxygen atoms in total. The Balaban J connectivity index is 2.86. The van der Waals surface area contributed by atoms with Crippen molar-refractivity contribution in [2.75, 3.05) is 0 Å². The number of rotatable bonds is 3. The van der Waals surface area contributed by atoms with E-state index in [1.165, 1.54) is 0 Å². The molecule has 0 saturated heterocycles. The zero-order valence-electron chi connectivity index (χ0n) is 7.26. The molecule has 1 aromatic heterocycles. The van der Waals surface area contributed by atoms with Crippen LogP contribution in [0, 0.1) is 12.3 Å². The molecule has 14 heavy (non-hydrogen) atoms. The summed E-state index contributed by atoms with van der Waals surface area (Å²) in [7, 11) is 0. The minimum atomic E-state index is -0.0395. The number of pyridine rings is 1. The van der Waals surface area contributed by atoms with Crippen LogP contribution in [-0.4, -0.2) is 10.8 Å². The molecule has 0 aliphatic carbocycles. The molecule has 0 N–H and O–H groups in total. The van der Waals surface area contributed by atoms with Crippen molar-refractivity contribution < 1.29 is 4.79 Å². The Morgan fingerprint density at radius 2 is 2.29 bits per heavy atom. The van der Waals surface area contributed by atoms with E-state index in [0.29, 0.717) is 23.0 Å². The van der Waals surface area contributed by atoms with Gasteiger partial charge in [-0.2, -0.15) is 0 Å². The first-order valence-corrected chi connectivity index (χ1v) is 5.51. The van der Waals surface area contributed by atoms with Crippen LogP contribution < -0.4 is 0 Å². The predicted molar refractivity (Wildman–Crippen MR) is 62.0 cm³/mol. The van der Waals surface area contributed by atoms with Crippen LogP contribution in [0.3, 0.4) is 0 Å². The number of Topliss-reactive ketones (excluding diaryl/α,β-unsaturated/α-hetero) is 1. The van der Waals surface area contributed by atoms with Crippen molar-refractivity contribution in [3.8, 4) is 12.3 Å². The van der Waals surface area contributed by atoms with Gasteiger partial charge >= 0.3 is 0 Å². The molecule has 0 saturated carbocycles. The molecule has 0 aliphatic rings. The number of ketones is 1. The molecule has 0 amide bonds. The normalized spacial score (nSPS) is 9.50. The van der Waals surface area contributed by atoms with Crippen molar-refractivity contribution in [2.24, 2.45) is 0 Å². The van der Waals surface area contributed by atoms with Gasteiger partial charge in [-0.3, -0.25) is 9.78 Å². The van der Waals surface area contributed by atoms with Crippen LogP contribution >= 0.6 is 31.9 Å². The molecule has 4 heteroatoms. The van der Waals surface area contributed by atoms with Gasteiger partial charge in [0.05, 0.1) is 0 Å². The van der Waals surface area contributed by atoms with Crippen LogP contribution in [0.2, 0.25) is 0 Å². The monoisotopic (exact) mass is 315 g/mol. The molecule has 72 valence electrons. The molecule has 0 aliphatic heterocycles. The van der Waals surface area contributed by atoms with Gasteiger partial charge < -0.3 is 0 Å². The van der Waals surface area contributed by atoms with E-state index < -0.39 is 0 Å². The van der Waals surface area contributed by atoms with Crippen molar-refractivity contribution in [1.82, 2.24) is 4.98 Å². The number of carbonyl (C=O) groups is 1. The fourth-order valence-electron chi connectivity index (χ4n) is 0.924. The predicted octanol–water partition coefficient (Wildman–Crippen LogP) is 3.20. The average Bonchev–Trinajstić information content (AvgIpc) is 2.14. The molecule has 0 radical (unpaired) electrons. The smallest absolute Gasteiger partial charge is 0.183 e. The Morgan fingerprint density at radius 1 is 1.57 bits per heavy atom. The lowest BCUT2D eigenvalue weighted by molar-refractivity contribution is 0.0978. The molecule has 0 unspecified atom stereocenters. The van der Waals surface area contributed by atoms with Gasteiger partial charge in [-0.05, 0) is 37.9 Å². The third-order valence-corrected chi connectivity index (χ3v) is 2.61. The number of hydrogen-bond donors (Lipinski definition) is 0. The van der Waals surface area contributed by atoms with E-state index >= 15 is 0 Å². The first kappa shape index (κ1) is 11.4. The number of terminal acetylenes is 1. The van der Waals surface area contributed by atoms with Gasteiger partial charge in [0.2, 0.25) is 0 Å². The standard InChI is InChI=1S/C10H7Br2NO/c1-2-3-4-9(14)10-8(12)5-7(11)6-13-10/h1,5-6H,3-4H2. The molecule has 0 atom stereocenters. The van der Waals surface area contributed by atoms with Crippen LogP contribution in [0.1, 0.15) is 23.3 Å². The Morgan fingerprint density at radius 3 is 2.86 bits per heavy atom. The highest BCUT2D eigenvalue weighted by atomic mass is 79.9. The number of aromatic nitrogens is 1. The largest absolute Gasteiger partial charge is 0.292 e. The summed E-state index contributed by atoms with van der Waals surface area (Å²) in [5, 5.41) is 0. The summed E-state index contributed by atoms with van der Waals surface area (Å²) >= 11 is 6.54. The molecule has 1 aromatic rings. The molecule has 0 aromatic carbocycles. The first-order valence-electron chi connectivity index (χ1n) is 3.93. The lowest BCUT2D eigenvalue weighted by atomic mass is 10.1. The van der Waals surface area contributed by atoms with Crippen LogP contribution in [0.25, 0.3) is 0 Å². The zero-order chi connectivity index (χ0) is 10.6. The van der Waals surface area contributed by atoms with Gasteiger partial charge in [-0.15, -0.1) is 12.3 Å². The van der Waals surface area contributed by atoms with Gasteiger partial charge in [0.15, 0.2) is 5.78 Å². The van der Waals surface area contributed by atoms with E-state index in [1.54, 1.807) is 12.3 Å². The Hall–Kier alpha value is -0.660. The van der Waals surface area contributed by atoms with E-state index in [0.717, 1.165) is 4.47 Å². The van der Waals surface area contributed by atoms with E-state index in [4.69, 9.17) is 6.42 Å². The number of halogens is 2. The van der Waals surface area contributed by atoms with Gasteiger partial charge in [0.1, 0.15) is 5.69 Å². The average molecular weight is 317 g/mol. The maximum atomic E-state index is 11.5. The molecular weight excluding hydrogens is 310 g/mol. The minimum Gasteiger partial charge on any atom is -0.292 e. The quantitative estimate of drug-likeness (QED) is 0.633. The number of hydrogen-bond acceptors (Lipinski definition) is 2. The SMILES string of the molecule is C#CCCC(=O)c1ncc(Br)cc1Br. The lowest BCUT2D eigenvalue weighted by Crippen LogP contribution is -2.02. The topological polar surface area (TPSA) is 30.0 Å². The summed E-state index contributed by atoms with van der Waals surface area (Å²) in [4.78, 5) is 15.6. The van der Waals surface area contributed by atoms with E-state index in [2.05, 4.69) is 42.8 Å². The van der Waals surface area contributed by atoms with Crippen LogP contribution in [-0.2, 0) is 0 Å². The Bertz CT molecular complexity index is 396. The summed E-state index contributed by atoms with van der Waals surface area (Å²) in [5.74, 6) is 2.39. The molecule has 1 heterocycles. The second-order valence-electron chi connectivity index (χ2n) is 2.61. The zero-order valence-corrected chi connectivity index (χ0v) is 10.4. The number of carbonyl (C=O) groups excluding carboxylic acids is 1.